The van der Waals surface area contributed by atoms with E-state index in [1.165, 1.54) is 42.9 Å². The third kappa shape index (κ3) is 2.99. The number of rotatable bonds is 3. The number of nitrogens with zero attached hydrogens (tertiary/aromatic N) is 5. The van der Waals surface area contributed by atoms with Gasteiger partial charge in [0.1, 0.15) is 5.82 Å². The number of carbonyl (C=O) groups is 1. The van der Waals surface area contributed by atoms with Crippen molar-refractivity contribution in [3.8, 4) is 11.3 Å². The summed E-state index contributed by atoms with van der Waals surface area (Å²) in [5.41, 5.74) is 3.66. The molecule has 3 fully saturated rings. The summed E-state index contributed by atoms with van der Waals surface area (Å²) in [5.74, 6) is 0.890. The van der Waals surface area contributed by atoms with Crippen LogP contribution in [0, 0.1) is 0 Å². The lowest BCUT2D eigenvalue weighted by molar-refractivity contribution is 0.142. The topological polar surface area (TPSA) is 72.8 Å². The Balaban J connectivity index is 1.28. The second-order valence-electron chi connectivity index (χ2n) is 8.15. The van der Waals surface area contributed by atoms with Gasteiger partial charge in [-0.05, 0) is 49.7 Å². The standard InChI is InChI=1S/C21H25N5O2/c27-20(28)26-11-9-25(10-12-26)19-4-1-16(13-23-19)18-3-2-17(14-22-18)21-5-7-24(15-21)8-6-21/h1-4,13-14H,5-12,15H2,(H,27,28). The molecule has 5 heterocycles. The van der Waals surface area contributed by atoms with E-state index >= 15 is 0 Å². The molecule has 2 aromatic rings. The molecule has 0 saturated carbocycles. The zero-order valence-electron chi connectivity index (χ0n) is 15.9. The molecule has 3 aliphatic heterocycles. The van der Waals surface area contributed by atoms with Crippen LogP contribution in [0.4, 0.5) is 10.6 Å². The van der Waals surface area contributed by atoms with Gasteiger partial charge in [-0.15, -0.1) is 0 Å². The first kappa shape index (κ1) is 17.4. The highest BCUT2D eigenvalue weighted by Gasteiger charge is 2.44. The van der Waals surface area contributed by atoms with Gasteiger partial charge in [0.2, 0.25) is 0 Å². The van der Waals surface area contributed by atoms with Gasteiger partial charge in [-0.3, -0.25) is 4.98 Å². The van der Waals surface area contributed by atoms with E-state index in [0.29, 0.717) is 31.6 Å². The fourth-order valence-electron chi connectivity index (χ4n) is 4.84. The lowest BCUT2D eigenvalue weighted by Gasteiger charge is -2.33. The first-order valence-corrected chi connectivity index (χ1v) is 10.0. The fraction of sp³-hybridized carbons (Fsp3) is 0.476. The highest BCUT2D eigenvalue weighted by Crippen LogP contribution is 2.43. The Morgan fingerprint density at radius 2 is 1.71 bits per heavy atom. The number of anilines is 1. The van der Waals surface area contributed by atoms with Crippen LogP contribution in [0.5, 0.6) is 0 Å². The Morgan fingerprint density at radius 1 is 0.929 bits per heavy atom. The predicted octanol–water partition coefficient (Wildman–Crippen LogP) is 2.29. The van der Waals surface area contributed by atoms with Crippen LogP contribution in [-0.2, 0) is 5.41 Å². The first-order chi connectivity index (χ1) is 13.6. The van der Waals surface area contributed by atoms with Gasteiger partial charge in [-0.1, -0.05) is 6.07 Å². The number of hydrogen-bond donors (Lipinski definition) is 1. The molecule has 5 rings (SSSR count). The predicted molar refractivity (Wildman–Crippen MR) is 107 cm³/mol. The van der Waals surface area contributed by atoms with Crippen molar-refractivity contribution in [2.24, 2.45) is 0 Å². The van der Waals surface area contributed by atoms with Crippen LogP contribution < -0.4 is 4.90 Å². The van der Waals surface area contributed by atoms with Gasteiger partial charge in [0.15, 0.2) is 0 Å². The van der Waals surface area contributed by atoms with Crippen LogP contribution in [0.2, 0.25) is 0 Å². The van der Waals surface area contributed by atoms with E-state index in [4.69, 9.17) is 10.1 Å². The molecule has 0 spiro atoms. The summed E-state index contributed by atoms with van der Waals surface area (Å²) < 4.78 is 0. The normalized spacial score (nSPS) is 26.6. The van der Waals surface area contributed by atoms with Crippen LogP contribution in [0.3, 0.4) is 0 Å². The smallest absolute Gasteiger partial charge is 0.407 e. The second kappa shape index (κ2) is 6.74. The lowest BCUT2D eigenvalue weighted by Crippen LogP contribution is -2.48. The maximum absolute atomic E-state index is 11.0. The number of carboxylic acid groups (broad SMARTS) is 1. The minimum Gasteiger partial charge on any atom is -0.465 e. The van der Waals surface area contributed by atoms with E-state index in [0.717, 1.165) is 17.1 Å². The number of amides is 1. The zero-order valence-corrected chi connectivity index (χ0v) is 15.9. The number of hydrogen-bond acceptors (Lipinski definition) is 5. The van der Waals surface area contributed by atoms with Crippen molar-refractivity contribution in [3.63, 3.8) is 0 Å². The number of fused-ring (bicyclic) bond motifs is 2. The molecule has 0 radical (unpaired) electrons. The van der Waals surface area contributed by atoms with E-state index in [9.17, 15) is 4.79 Å². The third-order valence-corrected chi connectivity index (χ3v) is 6.63. The van der Waals surface area contributed by atoms with Crippen LogP contribution in [0.25, 0.3) is 11.3 Å². The van der Waals surface area contributed by atoms with Crippen molar-refractivity contribution >= 4 is 11.9 Å². The van der Waals surface area contributed by atoms with Gasteiger partial charge in [0, 0.05) is 56.1 Å². The van der Waals surface area contributed by atoms with Crippen molar-refractivity contribution in [2.75, 3.05) is 50.7 Å². The van der Waals surface area contributed by atoms with Crippen LogP contribution in [-0.4, -0.2) is 76.8 Å². The SMILES string of the molecule is O=C(O)N1CCN(c2ccc(-c3ccc(C45CCN(CC4)C5)cn3)cn2)CC1. The molecule has 0 unspecified atom stereocenters. The number of piperazine rings is 1. The van der Waals surface area contributed by atoms with E-state index in [1.807, 2.05) is 12.3 Å². The molecular weight excluding hydrogens is 354 g/mol. The Labute approximate surface area is 164 Å². The molecule has 28 heavy (non-hydrogen) atoms. The van der Waals surface area contributed by atoms with E-state index in [2.05, 4.69) is 39.2 Å². The quantitative estimate of drug-likeness (QED) is 0.882. The molecule has 2 aromatic heterocycles. The summed E-state index contributed by atoms with van der Waals surface area (Å²) in [5, 5.41) is 9.06. The van der Waals surface area contributed by atoms with Gasteiger partial charge in [-0.2, -0.15) is 0 Å². The zero-order chi connectivity index (χ0) is 19.1. The summed E-state index contributed by atoms with van der Waals surface area (Å²) in [7, 11) is 0. The number of pyridine rings is 2. The maximum Gasteiger partial charge on any atom is 0.407 e. The molecule has 7 heteroatoms. The largest absolute Gasteiger partial charge is 0.465 e. The number of aromatic nitrogens is 2. The highest BCUT2D eigenvalue weighted by atomic mass is 16.4. The van der Waals surface area contributed by atoms with Crippen molar-refractivity contribution < 1.29 is 9.90 Å². The molecule has 0 aliphatic carbocycles. The first-order valence-electron chi connectivity index (χ1n) is 10.0. The second-order valence-corrected chi connectivity index (χ2v) is 8.15. The summed E-state index contributed by atoms with van der Waals surface area (Å²) in [6, 6.07) is 8.43. The van der Waals surface area contributed by atoms with Crippen LogP contribution in [0.1, 0.15) is 18.4 Å². The van der Waals surface area contributed by atoms with E-state index in [1.54, 1.807) is 0 Å². The summed E-state index contributed by atoms with van der Waals surface area (Å²) in [4.78, 5) is 26.5. The van der Waals surface area contributed by atoms with Crippen LogP contribution >= 0.6 is 0 Å². The van der Waals surface area contributed by atoms with Crippen molar-refractivity contribution in [3.05, 3.63) is 42.2 Å². The Bertz CT molecular complexity index is 851. The highest BCUT2D eigenvalue weighted by molar-refractivity contribution is 5.65. The van der Waals surface area contributed by atoms with Crippen molar-refractivity contribution in [1.29, 1.82) is 0 Å². The molecular formula is C21H25N5O2. The molecule has 1 N–H and O–H groups in total. The van der Waals surface area contributed by atoms with E-state index in [-0.39, 0.29) is 0 Å². The summed E-state index contributed by atoms with van der Waals surface area (Å²) >= 11 is 0. The van der Waals surface area contributed by atoms with Gasteiger partial charge in [0.25, 0.3) is 0 Å². The Morgan fingerprint density at radius 3 is 2.25 bits per heavy atom. The number of piperidine rings is 1. The van der Waals surface area contributed by atoms with Crippen molar-refractivity contribution in [1.82, 2.24) is 19.8 Å². The average molecular weight is 379 g/mol. The Hall–Kier alpha value is -2.67. The monoisotopic (exact) mass is 379 g/mol. The fourth-order valence-corrected chi connectivity index (χ4v) is 4.84. The lowest BCUT2D eigenvalue weighted by atomic mass is 9.78. The molecule has 146 valence electrons. The summed E-state index contributed by atoms with van der Waals surface area (Å²) in [6.07, 6.45) is 5.58. The minimum absolute atomic E-state index is 0.325. The molecule has 0 aromatic carbocycles. The van der Waals surface area contributed by atoms with E-state index < -0.39 is 6.09 Å². The molecule has 2 bridgehead atoms. The average Bonchev–Trinajstić information content (AvgIpc) is 3.37. The van der Waals surface area contributed by atoms with Gasteiger partial charge < -0.3 is 19.8 Å². The molecule has 7 nitrogen and oxygen atoms in total. The van der Waals surface area contributed by atoms with Gasteiger partial charge >= 0.3 is 6.09 Å². The van der Waals surface area contributed by atoms with Gasteiger partial charge in [-0.25, -0.2) is 9.78 Å². The minimum atomic E-state index is -0.847. The van der Waals surface area contributed by atoms with Crippen LogP contribution in [0.15, 0.2) is 36.7 Å². The third-order valence-electron chi connectivity index (χ3n) is 6.63. The molecule has 3 aliphatic rings. The molecule has 3 saturated heterocycles. The van der Waals surface area contributed by atoms with Gasteiger partial charge in [0.05, 0.1) is 5.69 Å². The Kier molecular flexibility index (Phi) is 4.19. The molecule has 1 amide bonds. The maximum atomic E-state index is 11.0. The summed E-state index contributed by atoms with van der Waals surface area (Å²) in [6.45, 7) is 5.98. The molecule has 0 atom stereocenters. The van der Waals surface area contributed by atoms with Crippen molar-refractivity contribution in [2.45, 2.75) is 18.3 Å².